The van der Waals surface area contributed by atoms with E-state index in [0.29, 0.717) is 19.4 Å². The van der Waals surface area contributed by atoms with Gasteiger partial charge in [-0.15, -0.1) is 4.31 Å². The van der Waals surface area contributed by atoms with Crippen LogP contribution in [0, 0.1) is 5.92 Å². The number of carbonyl (C=O) groups excluding carboxylic acids is 1. The van der Waals surface area contributed by atoms with Crippen LogP contribution in [0.3, 0.4) is 0 Å². The van der Waals surface area contributed by atoms with E-state index in [1.165, 1.54) is 4.31 Å². The number of hydrogen-bond acceptors (Lipinski definition) is 4. The molecule has 0 bridgehead atoms. The molecule has 0 spiro atoms. The lowest BCUT2D eigenvalue weighted by atomic mass is 10.0. The summed E-state index contributed by atoms with van der Waals surface area (Å²) >= 11 is -1.89. The van der Waals surface area contributed by atoms with Crippen LogP contribution in [0.25, 0.3) is 0 Å². The van der Waals surface area contributed by atoms with E-state index >= 15 is 0 Å². The Labute approximate surface area is 84.4 Å². The Hall–Kier alpha value is -0.790. The van der Waals surface area contributed by atoms with E-state index in [2.05, 4.69) is 0 Å². The molecule has 3 N–H and O–H groups in total. The van der Waals surface area contributed by atoms with Gasteiger partial charge in [0.25, 0.3) is 0 Å². The summed E-state index contributed by atoms with van der Waals surface area (Å²) in [7, 11) is 0. The van der Waals surface area contributed by atoms with Crippen molar-refractivity contribution in [3.63, 3.8) is 0 Å². The average molecular weight is 220 g/mol. The molecule has 1 aliphatic rings. The first-order chi connectivity index (χ1) is 6.52. The van der Waals surface area contributed by atoms with Crippen molar-refractivity contribution >= 4 is 22.6 Å². The third-order valence-corrected chi connectivity index (χ3v) is 3.28. The fourth-order valence-electron chi connectivity index (χ4n) is 1.42. The summed E-state index contributed by atoms with van der Waals surface area (Å²) in [6.45, 7) is 0.588. The number of hydrogen-bond donors (Lipinski definition) is 2. The fraction of sp³-hybridized carbons (Fsp3) is 0.714. The monoisotopic (exact) mass is 220 g/mol. The smallest absolute Gasteiger partial charge is 0.445 e. The van der Waals surface area contributed by atoms with Crippen molar-refractivity contribution in [3.8, 4) is 0 Å². The summed E-state index contributed by atoms with van der Waals surface area (Å²) in [5.74, 6) is -1.47. The van der Waals surface area contributed by atoms with Crippen molar-refractivity contribution in [1.29, 1.82) is 0 Å². The van der Waals surface area contributed by atoms with Gasteiger partial charge in [0.2, 0.25) is 0 Å². The predicted octanol–water partition coefficient (Wildman–Crippen LogP) is -0.475. The van der Waals surface area contributed by atoms with E-state index in [0.717, 1.165) is 0 Å². The molecule has 1 amide bonds. The molecule has 80 valence electrons. The van der Waals surface area contributed by atoms with Crippen molar-refractivity contribution in [3.05, 3.63) is 0 Å². The first-order valence-electron chi connectivity index (χ1n) is 4.21. The van der Waals surface area contributed by atoms with Gasteiger partial charge >= 0.3 is 11.2 Å². The quantitative estimate of drug-likeness (QED) is 0.611. The first-order valence-corrected chi connectivity index (χ1v) is 5.32. The summed E-state index contributed by atoms with van der Waals surface area (Å²) in [4.78, 5) is 21.3. The summed E-state index contributed by atoms with van der Waals surface area (Å²) in [5.41, 5.74) is 4.86. The van der Waals surface area contributed by atoms with Crippen LogP contribution in [0.4, 0.5) is 4.79 Å². The second-order valence-electron chi connectivity index (χ2n) is 3.13. The van der Waals surface area contributed by atoms with Crippen LogP contribution in [0.5, 0.6) is 0 Å². The topological polar surface area (TPSA) is 107 Å². The van der Waals surface area contributed by atoms with Gasteiger partial charge in [0.05, 0.1) is 12.5 Å². The van der Waals surface area contributed by atoms with Gasteiger partial charge in [-0.3, -0.25) is 4.79 Å². The molecule has 0 aromatic carbocycles. The van der Waals surface area contributed by atoms with Gasteiger partial charge < -0.3 is 15.4 Å². The molecule has 0 radical (unpaired) electrons. The van der Waals surface area contributed by atoms with Gasteiger partial charge in [0, 0.05) is 6.54 Å². The summed E-state index contributed by atoms with van der Waals surface area (Å²) in [6.07, 6.45) is 1.18. The number of carboxylic acid groups (broad SMARTS) is 1. The Kier molecular flexibility index (Phi) is 3.73. The largest absolute Gasteiger partial charge is 0.589 e. The zero-order chi connectivity index (χ0) is 10.7. The van der Waals surface area contributed by atoms with Crippen LogP contribution in [0.1, 0.15) is 12.8 Å². The highest BCUT2D eigenvalue weighted by molar-refractivity contribution is 8.03. The van der Waals surface area contributed by atoms with Crippen molar-refractivity contribution in [1.82, 2.24) is 4.31 Å². The zero-order valence-electron chi connectivity index (χ0n) is 7.51. The highest BCUT2D eigenvalue weighted by Crippen LogP contribution is 2.19. The number of primary amides is 1. The average Bonchev–Trinajstić information content (AvgIpc) is 2.16. The predicted molar refractivity (Wildman–Crippen MR) is 49.7 cm³/mol. The van der Waals surface area contributed by atoms with E-state index in [1.807, 2.05) is 0 Å². The Morgan fingerprint density at radius 2 is 2.21 bits per heavy atom. The maximum Gasteiger partial charge on any atom is 0.445 e. The molecule has 0 aromatic rings. The minimum absolute atomic E-state index is 0.130. The van der Waals surface area contributed by atoms with Crippen LogP contribution in [-0.2, 0) is 16.2 Å². The highest BCUT2D eigenvalue weighted by atomic mass is 32.2. The number of aliphatic carboxylic acids is 1. The van der Waals surface area contributed by atoms with Gasteiger partial charge in [-0.05, 0) is 12.8 Å². The number of carboxylic acids is 1. The zero-order valence-corrected chi connectivity index (χ0v) is 8.33. The molecule has 1 rings (SSSR count). The standard InChI is InChI=1S/C7H12N2O4S/c8-7(12)14(13)9-3-1-2-5(4-9)6(10)11/h5H,1-4H2,(H2,8,12)(H,10,11). The van der Waals surface area contributed by atoms with Gasteiger partial charge in [0.15, 0.2) is 0 Å². The van der Waals surface area contributed by atoms with Crippen LogP contribution in [0.2, 0.25) is 0 Å². The van der Waals surface area contributed by atoms with Crippen LogP contribution in [-0.4, -0.2) is 38.3 Å². The minimum Gasteiger partial charge on any atom is -0.589 e. The third kappa shape index (κ3) is 2.60. The number of nitrogens with zero attached hydrogens (tertiary/aromatic N) is 1. The molecule has 0 saturated carbocycles. The maximum atomic E-state index is 11.2. The molecule has 2 atom stereocenters. The number of nitrogens with two attached hydrogens (primary N) is 1. The molecule has 14 heavy (non-hydrogen) atoms. The highest BCUT2D eigenvalue weighted by Gasteiger charge is 2.34. The van der Waals surface area contributed by atoms with Gasteiger partial charge in [-0.2, -0.15) is 0 Å². The number of carbonyl (C=O) groups is 2. The first kappa shape index (κ1) is 11.3. The van der Waals surface area contributed by atoms with Gasteiger partial charge in [-0.1, -0.05) is 0 Å². The van der Waals surface area contributed by atoms with Crippen molar-refractivity contribution in [2.45, 2.75) is 12.8 Å². The van der Waals surface area contributed by atoms with Gasteiger partial charge in [0.1, 0.15) is 11.4 Å². The Balaban J connectivity index is 2.55. The lowest BCUT2D eigenvalue weighted by Gasteiger charge is -2.28. The lowest BCUT2D eigenvalue weighted by Crippen LogP contribution is -2.46. The molecule has 0 aliphatic carbocycles. The molecule has 2 unspecified atom stereocenters. The molecule has 0 aromatic heterocycles. The summed E-state index contributed by atoms with van der Waals surface area (Å²) in [6, 6.07) is 0. The van der Waals surface area contributed by atoms with Gasteiger partial charge in [-0.25, -0.2) is 4.79 Å². The van der Waals surface area contributed by atoms with E-state index in [9.17, 15) is 14.1 Å². The molecular weight excluding hydrogens is 208 g/mol. The second kappa shape index (κ2) is 4.63. The molecule has 1 saturated heterocycles. The van der Waals surface area contributed by atoms with Crippen LogP contribution < -0.4 is 5.73 Å². The maximum absolute atomic E-state index is 11.2. The van der Waals surface area contributed by atoms with Crippen molar-refractivity contribution in [2.75, 3.05) is 13.1 Å². The SMILES string of the molecule is NC(=O)[S+]([O-])N1CCCC(C(=O)O)C1. The Morgan fingerprint density at radius 1 is 1.57 bits per heavy atom. The number of rotatable bonds is 2. The van der Waals surface area contributed by atoms with Crippen molar-refractivity contribution in [2.24, 2.45) is 11.7 Å². The Bertz CT molecular complexity index is 236. The molecule has 6 nitrogen and oxygen atoms in total. The molecule has 7 heteroatoms. The van der Waals surface area contributed by atoms with E-state index in [-0.39, 0.29) is 6.54 Å². The summed E-state index contributed by atoms with van der Waals surface area (Å²) in [5, 5.41) is 7.81. The third-order valence-electron chi connectivity index (χ3n) is 2.14. The van der Waals surface area contributed by atoms with Crippen LogP contribution in [0.15, 0.2) is 0 Å². The minimum atomic E-state index is -1.89. The van der Waals surface area contributed by atoms with E-state index < -0.39 is 28.5 Å². The van der Waals surface area contributed by atoms with E-state index in [4.69, 9.17) is 10.8 Å². The lowest BCUT2D eigenvalue weighted by molar-refractivity contribution is -0.142. The molecule has 1 aliphatic heterocycles. The Morgan fingerprint density at radius 3 is 2.71 bits per heavy atom. The summed E-state index contributed by atoms with van der Waals surface area (Å²) < 4.78 is 12.5. The number of piperidine rings is 1. The second-order valence-corrected chi connectivity index (χ2v) is 4.55. The number of amides is 1. The van der Waals surface area contributed by atoms with E-state index in [1.54, 1.807) is 0 Å². The van der Waals surface area contributed by atoms with Crippen LogP contribution >= 0.6 is 0 Å². The normalized spacial score (nSPS) is 25.6. The molecule has 1 heterocycles. The molecular formula is C7H12N2O4S. The molecule has 1 fully saturated rings. The van der Waals surface area contributed by atoms with Crippen molar-refractivity contribution < 1.29 is 19.2 Å². The fourth-order valence-corrected chi connectivity index (χ4v) is 2.29.